The minimum absolute atomic E-state index is 0.0386. The zero-order valence-corrected chi connectivity index (χ0v) is 16.2. The molecule has 0 aromatic carbocycles. The van der Waals surface area contributed by atoms with Crippen molar-refractivity contribution in [3.8, 4) is 18.2 Å². The first-order valence-corrected chi connectivity index (χ1v) is 8.65. The van der Waals surface area contributed by atoms with Crippen LogP contribution in [0.3, 0.4) is 0 Å². The normalized spacial score (nSPS) is 14.6. The summed E-state index contributed by atoms with van der Waals surface area (Å²) >= 11 is 5.60. The summed E-state index contributed by atoms with van der Waals surface area (Å²) in [5, 5.41) is 29.5. The van der Waals surface area contributed by atoms with E-state index < -0.39 is 29.2 Å². The fourth-order valence-electron chi connectivity index (χ4n) is 2.64. The van der Waals surface area contributed by atoms with Gasteiger partial charge >= 0.3 is 5.97 Å². The number of carbonyl (C=O) groups excluding carboxylic acids is 1. The van der Waals surface area contributed by atoms with Gasteiger partial charge in [-0.3, -0.25) is 4.79 Å². The molecule has 0 saturated carbocycles. The molecule has 9 heteroatoms. The third kappa shape index (κ3) is 4.84. The maximum Gasteiger partial charge on any atom is 0.329 e. The van der Waals surface area contributed by atoms with Gasteiger partial charge < -0.3 is 18.9 Å². The zero-order chi connectivity index (χ0) is 20.2. The van der Waals surface area contributed by atoms with Gasteiger partial charge in [-0.2, -0.15) is 15.8 Å². The number of hydrogen-bond acceptors (Lipinski definition) is 8. The largest absolute Gasteiger partial charge is 0.468 e. The second-order valence-electron chi connectivity index (χ2n) is 5.29. The van der Waals surface area contributed by atoms with Crippen molar-refractivity contribution in [2.75, 3.05) is 32.8 Å². The van der Waals surface area contributed by atoms with Crippen LogP contribution in [-0.2, 0) is 23.7 Å². The molecule has 0 aromatic heterocycles. The van der Waals surface area contributed by atoms with E-state index in [9.17, 15) is 20.6 Å². The monoisotopic (exact) mass is 385 g/mol. The Morgan fingerprint density at radius 2 is 1.62 bits per heavy atom. The maximum atomic E-state index is 12.6. The first kappa shape index (κ1) is 24.1. The molecule has 0 spiro atoms. The first-order valence-electron chi connectivity index (χ1n) is 8.12. The molecule has 0 aliphatic carbocycles. The highest BCUT2D eigenvalue weighted by Crippen LogP contribution is 2.47. The molecule has 0 aliphatic rings. The van der Waals surface area contributed by atoms with Gasteiger partial charge in [0.15, 0.2) is 17.1 Å². The van der Waals surface area contributed by atoms with Gasteiger partial charge in [0.1, 0.15) is 0 Å². The number of carbonyl (C=O) groups is 1. The molecule has 0 aliphatic heterocycles. The highest BCUT2D eigenvalue weighted by Gasteiger charge is 2.64. The smallest absolute Gasteiger partial charge is 0.329 e. The van der Waals surface area contributed by atoms with Crippen LogP contribution in [0.4, 0.5) is 0 Å². The Labute approximate surface area is 159 Å². The number of nitrogens with zero attached hydrogens (tertiary/aromatic N) is 3. The van der Waals surface area contributed by atoms with Crippen molar-refractivity contribution in [3.63, 3.8) is 0 Å². The highest BCUT2D eigenvalue weighted by atomic mass is 35.5. The van der Waals surface area contributed by atoms with Crippen molar-refractivity contribution in [2.45, 2.75) is 39.6 Å². The number of halogens is 1. The average molecular weight is 386 g/mol. The molecule has 2 unspecified atom stereocenters. The summed E-state index contributed by atoms with van der Waals surface area (Å²) in [6, 6.07) is 5.44. The SMILES string of the molecule is CCOC(CC(C#N)(C(=O)OC)C(C#N)(C#N)C(C)OCCCl)OCC. The lowest BCUT2D eigenvalue weighted by Crippen LogP contribution is -2.54. The Bertz CT molecular complexity index is 560. The summed E-state index contributed by atoms with van der Waals surface area (Å²) in [4.78, 5) is 12.6. The van der Waals surface area contributed by atoms with E-state index in [0.29, 0.717) is 0 Å². The summed E-state index contributed by atoms with van der Waals surface area (Å²) in [5.74, 6) is -0.913. The van der Waals surface area contributed by atoms with Crippen LogP contribution in [0.15, 0.2) is 0 Å². The van der Waals surface area contributed by atoms with Gasteiger partial charge in [0.25, 0.3) is 0 Å². The van der Waals surface area contributed by atoms with Crippen molar-refractivity contribution in [1.29, 1.82) is 15.8 Å². The molecule has 0 heterocycles. The van der Waals surface area contributed by atoms with Crippen LogP contribution >= 0.6 is 11.6 Å². The fraction of sp³-hybridized carbons (Fsp3) is 0.765. The highest BCUT2D eigenvalue weighted by molar-refractivity contribution is 6.17. The number of esters is 1. The molecule has 144 valence electrons. The van der Waals surface area contributed by atoms with Gasteiger partial charge in [0.05, 0.1) is 38.0 Å². The number of rotatable bonds is 12. The molecule has 26 heavy (non-hydrogen) atoms. The van der Waals surface area contributed by atoms with Gasteiger partial charge in [-0.05, 0) is 20.8 Å². The van der Waals surface area contributed by atoms with Crippen LogP contribution in [0.1, 0.15) is 27.2 Å². The molecule has 0 bridgehead atoms. The van der Waals surface area contributed by atoms with Crippen molar-refractivity contribution in [3.05, 3.63) is 0 Å². The lowest BCUT2D eigenvalue weighted by molar-refractivity contribution is -0.182. The molecule has 0 saturated heterocycles. The second-order valence-corrected chi connectivity index (χ2v) is 5.66. The van der Waals surface area contributed by atoms with Gasteiger partial charge in [-0.15, -0.1) is 11.6 Å². The molecular formula is C17H24ClN3O5. The van der Waals surface area contributed by atoms with E-state index in [-0.39, 0.29) is 32.1 Å². The zero-order valence-electron chi connectivity index (χ0n) is 15.5. The third-order valence-corrected chi connectivity index (χ3v) is 4.14. The average Bonchev–Trinajstić information content (AvgIpc) is 2.66. The summed E-state index contributed by atoms with van der Waals surface area (Å²) < 4.78 is 21.0. The Hall–Kier alpha value is -1.89. The van der Waals surface area contributed by atoms with E-state index in [1.807, 2.05) is 6.07 Å². The van der Waals surface area contributed by atoms with Gasteiger partial charge in [0.2, 0.25) is 0 Å². The molecule has 2 atom stereocenters. The summed E-state index contributed by atoms with van der Waals surface area (Å²) in [7, 11) is 1.08. The lowest BCUT2D eigenvalue weighted by Gasteiger charge is -2.39. The third-order valence-electron chi connectivity index (χ3n) is 3.98. The fourth-order valence-corrected chi connectivity index (χ4v) is 2.73. The van der Waals surface area contributed by atoms with E-state index in [4.69, 9.17) is 30.5 Å². The quantitative estimate of drug-likeness (QED) is 0.284. The van der Waals surface area contributed by atoms with Gasteiger partial charge in [-0.25, -0.2) is 0 Å². The van der Waals surface area contributed by atoms with Crippen LogP contribution < -0.4 is 0 Å². The predicted octanol–water partition coefficient (Wildman–Crippen LogP) is 2.14. The van der Waals surface area contributed by atoms with Crippen molar-refractivity contribution in [1.82, 2.24) is 0 Å². The van der Waals surface area contributed by atoms with E-state index in [2.05, 4.69) is 0 Å². The Balaban J connectivity index is 6.34. The van der Waals surface area contributed by atoms with Gasteiger partial charge in [-0.1, -0.05) is 0 Å². The number of nitriles is 3. The summed E-state index contributed by atoms with van der Waals surface area (Å²) in [5.41, 5.74) is -4.35. The molecule has 8 nitrogen and oxygen atoms in total. The molecular weight excluding hydrogens is 362 g/mol. The van der Waals surface area contributed by atoms with Crippen LogP contribution in [0.2, 0.25) is 0 Å². The molecule has 0 rings (SSSR count). The molecule has 0 radical (unpaired) electrons. The summed E-state index contributed by atoms with van der Waals surface area (Å²) in [6.45, 7) is 5.40. The van der Waals surface area contributed by atoms with E-state index in [0.717, 1.165) is 7.11 Å². The number of alkyl halides is 1. The first-order chi connectivity index (χ1) is 12.4. The molecule has 0 N–H and O–H groups in total. The van der Waals surface area contributed by atoms with Crippen LogP contribution in [0.5, 0.6) is 0 Å². The minimum Gasteiger partial charge on any atom is -0.468 e. The summed E-state index contributed by atoms with van der Waals surface area (Å²) in [6.07, 6.45) is -2.45. The predicted molar refractivity (Wildman–Crippen MR) is 91.5 cm³/mol. The Morgan fingerprint density at radius 1 is 1.08 bits per heavy atom. The Kier molecular flexibility index (Phi) is 10.8. The van der Waals surface area contributed by atoms with Crippen molar-refractivity contribution >= 4 is 17.6 Å². The lowest BCUT2D eigenvalue weighted by atomic mass is 9.60. The standard InChI is InChI=1S/C17H24ClN3O5/c1-5-24-14(25-6-2)9-16(10-19,15(22)23-4)17(11-20,12-21)13(3)26-8-7-18/h13-14H,5-9H2,1-4H3. The van der Waals surface area contributed by atoms with Crippen LogP contribution in [-0.4, -0.2) is 51.2 Å². The maximum absolute atomic E-state index is 12.6. The van der Waals surface area contributed by atoms with Crippen molar-refractivity contribution < 1.29 is 23.7 Å². The van der Waals surface area contributed by atoms with Gasteiger partial charge in [0, 0.05) is 25.5 Å². The minimum atomic E-state index is -2.19. The second kappa shape index (κ2) is 11.7. The Morgan fingerprint density at radius 3 is 1.96 bits per heavy atom. The van der Waals surface area contributed by atoms with E-state index >= 15 is 0 Å². The number of hydrogen-bond donors (Lipinski definition) is 0. The van der Waals surface area contributed by atoms with Crippen LogP contribution in [0, 0.1) is 44.8 Å². The molecule has 0 fully saturated rings. The molecule has 0 aromatic rings. The van der Waals surface area contributed by atoms with Crippen molar-refractivity contribution in [2.24, 2.45) is 10.8 Å². The number of methoxy groups -OCH3 is 1. The molecule has 0 amide bonds. The topological polar surface area (TPSA) is 125 Å². The van der Waals surface area contributed by atoms with E-state index in [1.54, 1.807) is 26.0 Å². The van der Waals surface area contributed by atoms with Crippen LogP contribution in [0.25, 0.3) is 0 Å². The number of ether oxygens (including phenoxy) is 4. The van der Waals surface area contributed by atoms with E-state index in [1.165, 1.54) is 6.92 Å².